The predicted octanol–water partition coefficient (Wildman–Crippen LogP) is 1.84. The smallest absolute Gasteiger partial charge is 0.230 e. The molecule has 2 rings (SSSR count). The minimum Gasteiger partial charge on any atom is -0.399 e. The number of hydrogen-bond donors (Lipinski definition) is 2. The maximum atomic E-state index is 12.4. The van der Waals surface area contributed by atoms with Crippen molar-refractivity contribution < 1.29 is 9.53 Å². The van der Waals surface area contributed by atoms with Crippen molar-refractivity contribution in [3.63, 3.8) is 0 Å². The third-order valence-corrected chi connectivity index (χ3v) is 3.78. The zero-order valence-corrected chi connectivity index (χ0v) is 11.6. The lowest BCUT2D eigenvalue weighted by Gasteiger charge is -2.20. The normalized spacial score (nSPS) is 17.8. The fourth-order valence-corrected chi connectivity index (χ4v) is 2.30. The zero-order chi connectivity index (χ0) is 13.9. The summed E-state index contributed by atoms with van der Waals surface area (Å²) in [6, 6.07) is 7.77. The van der Waals surface area contributed by atoms with E-state index in [1.807, 2.05) is 31.2 Å². The number of methoxy groups -OCH3 is 1. The van der Waals surface area contributed by atoms with E-state index in [1.54, 1.807) is 7.11 Å². The van der Waals surface area contributed by atoms with Crippen LogP contribution in [0.2, 0.25) is 0 Å². The molecule has 1 amide bonds. The summed E-state index contributed by atoms with van der Waals surface area (Å²) < 4.78 is 5.03. The number of hydrogen-bond acceptors (Lipinski definition) is 3. The number of nitrogens with two attached hydrogens (primary N) is 1. The number of ether oxygens (including phenoxy) is 1. The van der Waals surface area contributed by atoms with Crippen LogP contribution in [0.4, 0.5) is 5.69 Å². The average molecular weight is 262 g/mol. The van der Waals surface area contributed by atoms with Crippen LogP contribution in [0.3, 0.4) is 0 Å². The van der Waals surface area contributed by atoms with Crippen LogP contribution in [-0.2, 0) is 14.9 Å². The fraction of sp³-hybridized carbons (Fsp3) is 0.533. The highest BCUT2D eigenvalue weighted by Crippen LogP contribution is 2.48. The van der Waals surface area contributed by atoms with E-state index in [-0.39, 0.29) is 17.4 Å². The number of nitrogens with one attached hydrogen (secondary N) is 1. The molecule has 1 atom stereocenters. The van der Waals surface area contributed by atoms with Crippen LogP contribution in [0.15, 0.2) is 24.3 Å². The van der Waals surface area contributed by atoms with Gasteiger partial charge in [-0.15, -0.1) is 0 Å². The maximum Gasteiger partial charge on any atom is 0.230 e. The van der Waals surface area contributed by atoms with Gasteiger partial charge in [-0.3, -0.25) is 4.79 Å². The van der Waals surface area contributed by atoms with Gasteiger partial charge in [0.2, 0.25) is 5.91 Å². The van der Waals surface area contributed by atoms with Crippen LogP contribution in [0, 0.1) is 0 Å². The summed E-state index contributed by atoms with van der Waals surface area (Å²) in [5.74, 6) is 0.126. The number of carbonyl (C=O) groups excluding carboxylic acids is 1. The molecule has 0 saturated heterocycles. The predicted molar refractivity (Wildman–Crippen MR) is 75.9 cm³/mol. The largest absolute Gasteiger partial charge is 0.399 e. The minimum atomic E-state index is -0.324. The highest BCUT2D eigenvalue weighted by Gasteiger charge is 2.51. The van der Waals surface area contributed by atoms with Gasteiger partial charge in [0.25, 0.3) is 0 Å². The third kappa shape index (κ3) is 3.07. The standard InChI is InChI=1S/C15H22N2O2/c1-11(7-10-19-2)17-14(18)15(8-9-15)12-3-5-13(16)6-4-12/h3-6,11H,7-10,16H2,1-2H3,(H,17,18). The average Bonchev–Trinajstić information content (AvgIpc) is 3.18. The molecule has 1 unspecified atom stereocenters. The summed E-state index contributed by atoms with van der Waals surface area (Å²) in [5.41, 5.74) is 7.16. The number of anilines is 1. The summed E-state index contributed by atoms with van der Waals surface area (Å²) in [6.45, 7) is 2.67. The first-order chi connectivity index (χ1) is 9.08. The molecule has 1 aromatic rings. The highest BCUT2D eigenvalue weighted by molar-refractivity contribution is 5.91. The second-order valence-corrected chi connectivity index (χ2v) is 5.36. The summed E-state index contributed by atoms with van der Waals surface area (Å²) in [5, 5.41) is 3.08. The Morgan fingerprint density at radius 1 is 1.42 bits per heavy atom. The summed E-state index contributed by atoms with van der Waals surface area (Å²) in [6.07, 6.45) is 2.67. The number of nitrogen functional groups attached to an aromatic ring is 1. The monoisotopic (exact) mass is 262 g/mol. The van der Waals surface area contributed by atoms with Gasteiger partial charge in [-0.1, -0.05) is 12.1 Å². The van der Waals surface area contributed by atoms with Gasteiger partial charge in [0.05, 0.1) is 5.41 Å². The van der Waals surface area contributed by atoms with Gasteiger partial charge in [-0.05, 0) is 43.9 Å². The lowest BCUT2D eigenvalue weighted by Crippen LogP contribution is -2.40. The van der Waals surface area contributed by atoms with E-state index < -0.39 is 0 Å². The van der Waals surface area contributed by atoms with Gasteiger partial charge < -0.3 is 15.8 Å². The van der Waals surface area contributed by atoms with Crippen molar-refractivity contribution >= 4 is 11.6 Å². The quantitative estimate of drug-likeness (QED) is 0.769. The first-order valence-corrected chi connectivity index (χ1v) is 6.74. The van der Waals surface area contributed by atoms with E-state index in [0.29, 0.717) is 6.61 Å². The molecule has 1 saturated carbocycles. The molecule has 3 N–H and O–H groups in total. The summed E-state index contributed by atoms with van der Waals surface area (Å²) in [7, 11) is 1.67. The van der Waals surface area contributed by atoms with Crippen LogP contribution in [-0.4, -0.2) is 25.7 Å². The van der Waals surface area contributed by atoms with Crippen LogP contribution in [0.25, 0.3) is 0 Å². The van der Waals surface area contributed by atoms with Gasteiger partial charge in [0.1, 0.15) is 0 Å². The zero-order valence-electron chi connectivity index (χ0n) is 11.6. The molecular weight excluding hydrogens is 240 g/mol. The molecule has 1 aliphatic rings. The molecular formula is C15H22N2O2. The molecule has 0 spiro atoms. The Kier molecular flexibility index (Phi) is 4.10. The number of amides is 1. The third-order valence-electron chi connectivity index (χ3n) is 3.78. The molecule has 1 aromatic carbocycles. The second kappa shape index (κ2) is 5.61. The highest BCUT2D eigenvalue weighted by atomic mass is 16.5. The summed E-state index contributed by atoms with van der Waals surface area (Å²) in [4.78, 5) is 12.4. The Morgan fingerprint density at radius 2 is 2.05 bits per heavy atom. The maximum absolute atomic E-state index is 12.4. The van der Waals surface area contributed by atoms with Gasteiger partial charge in [0.15, 0.2) is 0 Å². The SMILES string of the molecule is COCCC(C)NC(=O)C1(c2ccc(N)cc2)CC1. The molecule has 4 nitrogen and oxygen atoms in total. The Bertz CT molecular complexity index is 438. The molecule has 104 valence electrons. The van der Waals surface area contributed by atoms with Crippen molar-refractivity contribution in [1.29, 1.82) is 0 Å². The van der Waals surface area contributed by atoms with E-state index in [0.717, 1.165) is 30.5 Å². The first-order valence-electron chi connectivity index (χ1n) is 6.74. The van der Waals surface area contributed by atoms with Crippen LogP contribution in [0.5, 0.6) is 0 Å². The molecule has 0 bridgehead atoms. The van der Waals surface area contributed by atoms with Gasteiger partial charge >= 0.3 is 0 Å². The topological polar surface area (TPSA) is 64.3 Å². The van der Waals surface area contributed by atoms with E-state index in [2.05, 4.69) is 5.32 Å². The van der Waals surface area contributed by atoms with Crippen molar-refractivity contribution in [2.75, 3.05) is 19.5 Å². The Morgan fingerprint density at radius 3 is 2.58 bits per heavy atom. The van der Waals surface area contributed by atoms with Gasteiger partial charge in [-0.2, -0.15) is 0 Å². The number of rotatable bonds is 6. The van der Waals surface area contributed by atoms with E-state index >= 15 is 0 Å². The van der Waals surface area contributed by atoms with Crippen molar-refractivity contribution in [2.45, 2.75) is 37.6 Å². The van der Waals surface area contributed by atoms with Crippen LogP contribution in [0.1, 0.15) is 31.7 Å². The lowest BCUT2D eigenvalue weighted by atomic mass is 9.94. The summed E-state index contributed by atoms with van der Waals surface area (Å²) >= 11 is 0. The molecule has 0 aliphatic heterocycles. The minimum absolute atomic E-state index is 0.126. The Balaban J connectivity index is 2.00. The molecule has 0 radical (unpaired) electrons. The Labute approximate surface area is 114 Å². The molecule has 19 heavy (non-hydrogen) atoms. The molecule has 1 aliphatic carbocycles. The van der Waals surface area contributed by atoms with E-state index in [4.69, 9.17) is 10.5 Å². The van der Waals surface area contributed by atoms with E-state index in [9.17, 15) is 4.79 Å². The van der Waals surface area contributed by atoms with Crippen LogP contribution < -0.4 is 11.1 Å². The molecule has 0 aromatic heterocycles. The van der Waals surface area contributed by atoms with E-state index in [1.165, 1.54) is 0 Å². The van der Waals surface area contributed by atoms with Gasteiger partial charge in [0, 0.05) is 25.4 Å². The molecule has 1 fully saturated rings. The van der Waals surface area contributed by atoms with Crippen molar-refractivity contribution in [3.05, 3.63) is 29.8 Å². The lowest BCUT2D eigenvalue weighted by molar-refractivity contribution is -0.124. The molecule has 0 heterocycles. The Hall–Kier alpha value is -1.55. The second-order valence-electron chi connectivity index (χ2n) is 5.36. The van der Waals surface area contributed by atoms with Crippen molar-refractivity contribution in [2.24, 2.45) is 0 Å². The van der Waals surface area contributed by atoms with Crippen molar-refractivity contribution in [3.8, 4) is 0 Å². The number of benzene rings is 1. The number of carbonyl (C=O) groups is 1. The first kappa shape index (κ1) is 13.9. The van der Waals surface area contributed by atoms with Crippen molar-refractivity contribution in [1.82, 2.24) is 5.32 Å². The van der Waals surface area contributed by atoms with Crippen LogP contribution >= 0.6 is 0 Å². The fourth-order valence-electron chi connectivity index (χ4n) is 2.30. The molecule has 4 heteroatoms. The van der Waals surface area contributed by atoms with Gasteiger partial charge in [-0.25, -0.2) is 0 Å².